The molecule has 0 bridgehead atoms. The highest BCUT2D eigenvalue weighted by molar-refractivity contribution is 5.06. The first-order valence-electron chi connectivity index (χ1n) is 4.39. The molecule has 0 aromatic heterocycles. The third-order valence-electron chi connectivity index (χ3n) is 2.21. The van der Waals surface area contributed by atoms with Gasteiger partial charge in [0.1, 0.15) is 0 Å². The second-order valence-corrected chi connectivity index (χ2v) is 3.37. The van der Waals surface area contributed by atoms with E-state index in [4.69, 9.17) is 0 Å². The standard InChI is InChI=1S/C7H8F10N2/c1-18-6(14,15)4(10,11)3(8,9)5(12,13)7(16,17)19-2/h18-19H,1-2H3. The van der Waals surface area contributed by atoms with Crippen molar-refractivity contribution in [2.24, 2.45) is 0 Å². The van der Waals surface area contributed by atoms with Crippen LogP contribution in [0.4, 0.5) is 43.9 Å². The van der Waals surface area contributed by atoms with Crippen molar-refractivity contribution in [2.45, 2.75) is 29.9 Å². The summed E-state index contributed by atoms with van der Waals surface area (Å²) in [7, 11) is 0.136. The Balaban J connectivity index is 5.86. The molecule has 0 rings (SSSR count). The van der Waals surface area contributed by atoms with E-state index in [2.05, 4.69) is 0 Å². The summed E-state index contributed by atoms with van der Waals surface area (Å²) in [5, 5.41) is 0.735. The van der Waals surface area contributed by atoms with E-state index in [9.17, 15) is 43.9 Å². The summed E-state index contributed by atoms with van der Waals surface area (Å²) in [6, 6.07) is -11.7. The van der Waals surface area contributed by atoms with Crippen LogP contribution in [0.15, 0.2) is 0 Å². The number of alkyl halides is 10. The summed E-state index contributed by atoms with van der Waals surface area (Å²) in [4.78, 5) is 0. The number of halogens is 10. The molecule has 0 saturated carbocycles. The Hall–Kier alpha value is -0.780. The van der Waals surface area contributed by atoms with Crippen molar-refractivity contribution in [2.75, 3.05) is 14.1 Å². The van der Waals surface area contributed by atoms with Gasteiger partial charge in [-0.05, 0) is 14.1 Å². The maximum absolute atomic E-state index is 12.8. The lowest BCUT2D eigenvalue weighted by Crippen LogP contribution is -2.71. The molecule has 0 unspecified atom stereocenters. The van der Waals surface area contributed by atoms with Crippen LogP contribution in [0.1, 0.15) is 0 Å². The Morgan fingerprint density at radius 2 is 0.684 bits per heavy atom. The predicted molar refractivity (Wildman–Crippen MR) is 42.9 cm³/mol. The first-order valence-corrected chi connectivity index (χ1v) is 4.39. The predicted octanol–water partition coefficient (Wildman–Crippen LogP) is 2.52. The highest BCUT2D eigenvalue weighted by Crippen LogP contribution is 2.55. The summed E-state index contributed by atoms with van der Waals surface area (Å²) < 4.78 is 127. The van der Waals surface area contributed by atoms with E-state index in [-0.39, 0.29) is 14.1 Å². The summed E-state index contributed by atoms with van der Waals surface area (Å²) in [6.07, 6.45) is 0. The van der Waals surface area contributed by atoms with Gasteiger partial charge in [-0.3, -0.25) is 10.6 Å². The second kappa shape index (κ2) is 4.65. The van der Waals surface area contributed by atoms with Gasteiger partial charge in [0.05, 0.1) is 0 Å². The molecule has 2 N–H and O–H groups in total. The summed E-state index contributed by atoms with van der Waals surface area (Å²) in [5.41, 5.74) is 0. The van der Waals surface area contributed by atoms with Crippen LogP contribution in [-0.4, -0.2) is 44.0 Å². The Morgan fingerprint density at radius 1 is 0.474 bits per heavy atom. The van der Waals surface area contributed by atoms with Crippen molar-refractivity contribution in [3.63, 3.8) is 0 Å². The molecule has 0 aromatic carbocycles. The molecule has 116 valence electrons. The SMILES string of the molecule is CNC(F)(F)C(F)(F)C(F)(F)C(F)(F)C(F)(F)NC. The third kappa shape index (κ3) is 2.35. The fraction of sp³-hybridized carbons (Fsp3) is 1.00. The zero-order valence-electron chi connectivity index (χ0n) is 9.28. The van der Waals surface area contributed by atoms with Crippen LogP contribution in [0.25, 0.3) is 0 Å². The van der Waals surface area contributed by atoms with Gasteiger partial charge in [-0.1, -0.05) is 0 Å². The molecule has 0 spiro atoms. The fourth-order valence-corrected chi connectivity index (χ4v) is 0.905. The van der Waals surface area contributed by atoms with Crippen LogP contribution < -0.4 is 10.6 Å². The van der Waals surface area contributed by atoms with Gasteiger partial charge in [0, 0.05) is 0 Å². The van der Waals surface area contributed by atoms with Crippen molar-refractivity contribution in [3.8, 4) is 0 Å². The molecule has 0 aromatic rings. The van der Waals surface area contributed by atoms with E-state index in [1.165, 1.54) is 0 Å². The van der Waals surface area contributed by atoms with Crippen molar-refractivity contribution >= 4 is 0 Å². The zero-order chi connectivity index (χ0) is 15.9. The van der Waals surface area contributed by atoms with E-state index < -0.39 is 29.9 Å². The molecule has 0 saturated heterocycles. The molecular formula is C7H8F10N2. The number of nitrogens with one attached hydrogen (secondary N) is 2. The lowest BCUT2D eigenvalue weighted by molar-refractivity contribution is -0.408. The average Bonchev–Trinajstić information content (AvgIpc) is 2.27. The molecule has 2 nitrogen and oxygen atoms in total. The van der Waals surface area contributed by atoms with Gasteiger partial charge in [0.2, 0.25) is 0 Å². The van der Waals surface area contributed by atoms with Crippen LogP contribution in [0, 0.1) is 0 Å². The largest absolute Gasteiger partial charge is 0.392 e. The molecule has 0 amide bonds. The topological polar surface area (TPSA) is 24.1 Å². The molecule has 0 fully saturated rings. The van der Waals surface area contributed by atoms with Gasteiger partial charge in [-0.25, -0.2) is 0 Å². The monoisotopic (exact) mass is 310 g/mol. The van der Waals surface area contributed by atoms with E-state index in [0.29, 0.717) is 10.6 Å². The fourth-order valence-electron chi connectivity index (χ4n) is 0.905. The minimum Gasteiger partial charge on any atom is -0.256 e. The second-order valence-electron chi connectivity index (χ2n) is 3.37. The van der Waals surface area contributed by atoms with Crippen molar-refractivity contribution in [3.05, 3.63) is 0 Å². The Bertz CT molecular complexity index is 296. The van der Waals surface area contributed by atoms with Crippen LogP contribution in [0.5, 0.6) is 0 Å². The van der Waals surface area contributed by atoms with E-state index >= 15 is 0 Å². The van der Waals surface area contributed by atoms with Gasteiger partial charge >= 0.3 is 29.9 Å². The lowest BCUT2D eigenvalue weighted by atomic mass is 10.0. The molecule has 0 atom stereocenters. The highest BCUT2D eigenvalue weighted by Gasteiger charge is 2.86. The molecule has 12 heteroatoms. The maximum atomic E-state index is 12.8. The maximum Gasteiger partial charge on any atom is 0.392 e. The van der Waals surface area contributed by atoms with Crippen molar-refractivity contribution in [1.29, 1.82) is 0 Å². The van der Waals surface area contributed by atoms with Crippen LogP contribution in [0.2, 0.25) is 0 Å². The van der Waals surface area contributed by atoms with Gasteiger partial charge < -0.3 is 0 Å². The normalized spacial score (nSPS) is 15.8. The number of hydrogen-bond acceptors (Lipinski definition) is 2. The molecule has 0 radical (unpaired) electrons. The Labute approximate surface area is 99.7 Å². The van der Waals surface area contributed by atoms with Crippen molar-refractivity contribution < 1.29 is 43.9 Å². The molecule has 0 heterocycles. The number of rotatable bonds is 6. The van der Waals surface area contributed by atoms with Crippen LogP contribution in [0.3, 0.4) is 0 Å². The van der Waals surface area contributed by atoms with Crippen LogP contribution in [-0.2, 0) is 0 Å². The van der Waals surface area contributed by atoms with Crippen molar-refractivity contribution in [1.82, 2.24) is 10.6 Å². The summed E-state index contributed by atoms with van der Waals surface area (Å²) >= 11 is 0. The van der Waals surface area contributed by atoms with E-state index in [0.717, 1.165) is 0 Å². The van der Waals surface area contributed by atoms with E-state index in [1.54, 1.807) is 0 Å². The minimum atomic E-state index is -7.03. The van der Waals surface area contributed by atoms with E-state index in [1.807, 2.05) is 0 Å². The van der Waals surface area contributed by atoms with Gasteiger partial charge in [0.25, 0.3) is 0 Å². The zero-order valence-corrected chi connectivity index (χ0v) is 9.28. The Kier molecular flexibility index (Phi) is 4.46. The average molecular weight is 310 g/mol. The number of hydrogen-bond donors (Lipinski definition) is 2. The minimum absolute atomic E-state index is 0.0678. The molecule has 0 aliphatic carbocycles. The van der Waals surface area contributed by atoms with Gasteiger partial charge in [0.15, 0.2) is 0 Å². The van der Waals surface area contributed by atoms with Gasteiger partial charge in [-0.2, -0.15) is 43.9 Å². The smallest absolute Gasteiger partial charge is 0.256 e. The quantitative estimate of drug-likeness (QED) is 0.582. The molecule has 0 aliphatic rings. The highest BCUT2D eigenvalue weighted by atomic mass is 19.4. The molecule has 19 heavy (non-hydrogen) atoms. The first-order chi connectivity index (χ1) is 8.12. The Morgan fingerprint density at radius 3 is 0.842 bits per heavy atom. The van der Waals surface area contributed by atoms with Gasteiger partial charge in [-0.15, -0.1) is 0 Å². The lowest BCUT2D eigenvalue weighted by Gasteiger charge is -2.38. The first kappa shape index (κ1) is 18.2. The summed E-state index contributed by atoms with van der Waals surface area (Å²) in [6.45, 7) is 0. The van der Waals surface area contributed by atoms with Crippen LogP contribution >= 0.6 is 0 Å². The molecular weight excluding hydrogens is 302 g/mol. The summed E-state index contributed by atoms with van der Waals surface area (Å²) in [5.74, 6) is -20.6. The molecule has 0 aliphatic heterocycles. The third-order valence-corrected chi connectivity index (χ3v) is 2.21.